The van der Waals surface area contributed by atoms with Crippen molar-refractivity contribution in [1.29, 1.82) is 0 Å². The van der Waals surface area contributed by atoms with Crippen LogP contribution in [0, 0.1) is 0 Å². The van der Waals surface area contributed by atoms with Gasteiger partial charge >= 0.3 is 11.9 Å². The van der Waals surface area contributed by atoms with Crippen LogP contribution in [-0.2, 0) is 18.0 Å². The molecule has 0 aliphatic carbocycles. The number of phenols is 4. The van der Waals surface area contributed by atoms with Crippen LogP contribution < -0.4 is 0 Å². The molecule has 2 rings (SSSR count). The predicted octanol–water partition coefficient (Wildman–Crippen LogP) is 1.62. The zero-order chi connectivity index (χ0) is 18.7. The predicted molar refractivity (Wildman–Crippen MR) is 82.0 cm³/mol. The lowest BCUT2D eigenvalue weighted by molar-refractivity contribution is 0.0682. The molecule has 0 saturated carbocycles. The van der Waals surface area contributed by atoms with E-state index in [1.54, 1.807) is 0 Å². The van der Waals surface area contributed by atoms with Crippen LogP contribution >= 0.6 is 0 Å². The Hall–Kier alpha value is -3.46. The minimum Gasteiger partial charge on any atom is -0.508 e. The molecule has 0 amide bonds. The Labute approximate surface area is 140 Å². The van der Waals surface area contributed by atoms with E-state index in [1.807, 2.05) is 0 Å². The Kier molecular flexibility index (Phi) is 4.99. The van der Waals surface area contributed by atoms with E-state index in [9.17, 15) is 30.0 Å². The van der Waals surface area contributed by atoms with Crippen LogP contribution in [-0.4, -0.2) is 42.6 Å². The molecule has 0 fully saturated rings. The molecule has 132 valence electrons. The summed E-state index contributed by atoms with van der Waals surface area (Å²) in [5, 5.41) is 56.6. The van der Waals surface area contributed by atoms with Crippen LogP contribution in [0.15, 0.2) is 24.3 Å². The number of hydrogen-bond acceptors (Lipinski definition) is 7. The van der Waals surface area contributed by atoms with Crippen molar-refractivity contribution < 1.29 is 45.0 Å². The zero-order valence-corrected chi connectivity index (χ0v) is 12.6. The van der Waals surface area contributed by atoms with Crippen LogP contribution in [0.1, 0.15) is 31.8 Å². The first-order valence-corrected chi connectivity index (χ1v) is 6.84. The van der Waals surface area contributed by atoms with Crippen LogP contribution in [0.25, 0.3) is 0 Å². The molecule has 0 atom stereocenters. The molecule has 0 unspecified atom stereocenters. The molecule has 0 bridgehead atoms. The van der Waals surface area contributed by atoms with Crippen molar-refractivity contribution in [1.82, 2.24) is 0 Å². The second kappa shape index (κ2) is 6.97. The monoisotopic (exact) mass is 350 g/mol. The molecule has 0 heterocycles. The molecule has 0 saturated heterocycles. The molecule has 0 aliphatic rings. The van der Waals surface area contributed by atoms with Gasteiger partial charge in [0.15, 0.2) is 0 Å². The summed E-state index contributed by atoms with van der Waals surface area (Å²) in [4.78, 5) is 22.0. The third-order valence-electron chi connectivity index (χ3n) is 3.32. The van der Waals surface area contributed by atoms with Gasteiger partial charge in [-0.1, -0.05) is 0 Å². The first-order chi connectivity index (χ1) is 11.7. The van der Waals surface area contributed by atoms with Crippen LogP contribution in [0.5, 0.6) is 23.0 Å². The van der Waals surface area contributed by atoms with Crippen LogP contribution in [0.4, 0.5) is 0 Å². The second-order valence-corrected chi connectivity index (χ2v) is 5.11. The zero-order valence-electron chi connectivity index (χ0n) is 12.6. The maximum absolute atomic E-state index is 11.0. The Morgan fingerprint density at radius 3 is 1.40 bits per heavy atom. The van der Waals surface area contributed by atoms with Crippen molar-refractivity contribution in [3.05, 3.63) is 46.5 Å². The summed E-state index contributed by atoms with van der Waals surface area (Å²) >= 11 is 0. The van der Waals surface area contributed by atoms with Crippen molar-refractivity contribution in [2.75, 3.05) is 0 Å². The normalized spacial score (nSPS) is 10.6. The Morgan fingerprint density at radius 2 is 1.08 bits per heavy atom. The molecular formula is C16H14O9. The summed E-state index contributed by atoms with van der Waals surface area (Å²) < 4.78 is 5.22. The maximum atomic E-state index is 11.0. The highest BCUT2D eigenvalue weighted by Gasteiger charge is 2.18. The SMILES string of the molecule is O=C(O)c1cc(O)cc(COCc2cc(O)cc(C(=O)O)c2O)c1O. The van der Waals surface area contributed by atoms with E-state index < -0.39 is 34.6 Å². The van der Waals surface area contributed by atoms with Crippen LogP contribution in [0.3, 0.4) is 0 Å². The minimum absolute atomic E-state index is 0.0181. The highest BCUT2D eigenvalue weighted by molar-refractivity contribution is 5.92. The smallest absolute Gasteiger partial charge is 0.339 e. The van der Waals surface area contributed by atoms with Crippen molar-refractivity contribution in [2.24, 2.45) is 0 Å². The second-order valence-electron chi connectivity index (χ2n) is 5.11. The van der Waals surface area contributed by atoms with Gasteiger partial charge in [0.2, 0.25) is 0 Å². The first kappa shape index (κ1) is 17.9. The number of carboxylic acids is 2. The summed E-state index contributed by atoms with van der Waals surface area (Å²) in [6.45, 7) is -0.671. The summed E-state index contributed by atoms with van der Waals surface area (Å²) in [6, 6.07) is 3.96. The van der Waals surface area contributed by atoms with E-state index in [-0.39, 0.29) is 35.8 Å². The number of phenolic OH excluding ortho intramolecular Hbond substituents is 2. The largest absolute Gasteiger partial charge is 0.508 e. The number of ether oxygens (including phenoxy) is 1. The number of aromatic hydroxyl groups is 4. The quantitative estimate of drug-likeness (QED) is 0.424. The molecule has 2 aromatic carbocycles. The average molecular weight is 350 g/mol. The number of carboxylic acid groups (broad SMARTS) is 2. The standard InChI is InChI=1S/C16H14O9/c17-9-1-7(13(19)11(3-9)15(21)22)5-25-6-8-2-10(18)4-12(14(8)20)16(23)24/h1-4,17-20H,5-6H2,(H,21,22)(H,23,24). The van der Waals surface area contributed by atoms with E-state index >= 15 is 0 Å². The lowest BCUT2D eigenvalue weighted by Gasteiger charge is -2.11. The molecule has 25 heavy (non-hydrogen) atoms. The van der Waals surface area contributed by atoms with E-state index in [4.69, 9.17) is 14.9 Å². The van der Waals surface area contributed by atoms with Crippen molar-refractivity contribution in [2.45, 2.75) is 13.2 Å². The lowest BCUT2D eigenvalue weighted by Crippen LogP contribution is -2.03. The molecule has 0 aromatic heterocycles. The van der Waals surface area contributed by atoms with E-state index in [0.29, 0.717) is 0 Å². The summed E-state index contributed by atoms with van der Waals surface area (Å²) in [6.07, 6.45) is 0. The van der Waals surface area contributed by atoms with Gasteiger partial charge in [-0.15, -0.1) is 0 Å². The summed E-state index contributed by atoms with van der Waals surface area (Å²) in [5.41, 5.74) is -1.05. The topological polar surface area (TPSA) is 165 Å². The van der Waals surface area contributed by atoms with Gasteiger partial charge < -0.3 is 35.4 Å². The van der Waals surface area contributed by atoms with Gasteiger partial charge in [0, 0.05) is 11.1 Å². The van der Waals surface area contributed by atoms with E-state index in [1.165, 1.54) is 0 Å². The van der Waals surface area contributed by atoms with Crippen molar-refractivity contribution >= 4 is 11.9 Å². The Morgan fingerprint density at radius 1 is 0.720 bits per heavy atom. The third-order valence-corrected chi connectivity index (χ3v) is 3.32. The molecule has 6 N–H and O–H groups in total. The molecule has 9 heteroatoms. The number of benzene rings is 2. The van der Waals surface area contributed by atoms with Gasteiger partial charge in [-0.05, 0) is 24.3 Å². The van der Waals surface area contributed by atoms with Gasteiger partial charge in [-0.25, -0.2) is 9.59 Å². The summed E-state index contributed by atoms with van der Waals surface area (Å²) in [5.74, 6) is -4.82. The third kappa shape index (κ3) is 3.90. The van der Waals surface area contributed by atoms with Crippen molar-refractivity contribution in [3.8, 4) is 23.0 Å². The van der Waals surface area contributed by atoms with E-state index in [2.05, 4.69) is 0 Å². The van der Waals surface area contributed by atoms with E-state index in [0.717, 1.165) is 24.3 Å². The Bertz CT molecular complexity index is 772. The fourth-order valence-electron chi connectivity index (χ4n) is 2.17. The first-order valence-electron chi connectivity index (χ1n) is 6.84. The number of carbonyl (C=O) groups is 2. The Balaban J connectivity index is 2.20. The van der Waals surface area contributed by atoms with Gasteiger partial charge in [0.1, 0.15) is 34.1 Å². The minimum atomic E-state index is -1.44. The highest BCUT2D eigenvalue weighted by atomic mass is 16.5. The number of rotatable bonds is 6. The number of hydrogen-bond donors (Lipinski definition) is 6. The van der Waals surface area contributed by atoms with Gasteiger partial charge in [-0.2, -0.15) is 0 Å². The lowest BCUT2D eigenvalue weighted by atomic mass is 10.1. The molecule has 9 nitrogen and oxygen atoms in total. The highest BCUT2D eigenvalue weighted by Crippen LogP contribution is 2.31. The fourth-order valence-corrected chi connectivity index (χ4v) is 2.17. The number of aromatic carboxylic acids is 2. The van der Waals surface area contributed by atoms with Gasteiger partial charge in [0.25, 0.3) is 0 Å². The molecule has 0 spiro atoms. The summed E-state index contributed by atoms with van der Waals surface area (Å²) in [7, 11) is 0. The molecule has 0 aliphatic heterocycles. The maximum Gasteiger partial charge on any atom is 0.339 e. The van der Waals surface area contributed by atoms with Crippen molar-refractivity contribution in [3.63, 3.8) is 0 Å². The molecule has 0 radical (unpaired) electrons. The van der Waals surface area contributed by atoms with Crippen LogP contribution in [0.2, 0.25) is 0 Å². The van der Waals surface area contributed by atoms with Gasteiger partial charge in [0.05, 0.1) is 13.2 Å². The molecular weight excluding hydrogens is 336 g/mol. The average Bonchev–Trinajstić information content (AvgIpc) is 2.52. The molecule has 2 aromatic rings. The van der Waals surface area contributed by atoms with Gasteiger partial charge in [-0.3, -0.25) is 0 Å². The fraction of sp³-hybridized carbons (Fsp3) is 0.125.